The molecule has 1 saturated carbocycles. The van der Waals surface area contributed by atoms with E-state index >= 15 is 0 Å². The van der Waals surface area contributed by atoms with Crippen LogP contribution in [-0.2, 0) is 21.5 Å². The van der Waals surface area contributed by atoms with Crippen LogP contribution in [0.2, 0.25) is 0 Å². The normalized spacial score (nSPS) is 14.6. The Kier molecular flexibility index (Phi) is 4.74. The number of hydrogen-bond donors (Lipinski definition) is 2. The summed E-state index contributed by atoms with van der Waals surface area (Å²) in [6.45, 7) is 2.04. The van der Waals surface area contributed by atoms with E-state index in [9.17, 15) is 9.59 Å². The summed E-state index contributed by atoms with van der Waals surface area (Å²) in [6.07, 6.45) is 1.73. The quantitative estimate of drug-likeness (QED) is 0.813. The zero-order chi connectivity index (χ0) is 17.9. The number of amides is 1. The van der Waals surface area contributed by atoms with E-state index in [0.29, 0.717) is 12.3 Å². The number of nitrogens with one attached hydrogen (secondary N) is 1. The highest BCUT2D eigenvalue weighted by molar-refractivity contribution is 5.91. The predicted molar refractivity (Wildman–Crippen MR) is 93.5 cm³/mol. The van der Waals surface area contributed by atoms with E-state index in [1.165, 1.54) is 0 Å². The van der Waals surface area contributed by atoms with E-state index in [-0.39, 0.29) is 12.5 Å². The average molecular weight is 339 g/mol. The molecule has 2 N–H and O–H groups in total. The third-order valence-corrected chi connectivity index (χ3v) is 4.56. The molecule has 0 saturated heterocycles. The molecule has 1 amide bonds. The van der Waals surface area contributed by atoms with Crippen LogP contribution >= 0.6 is 0 Å². The van der Waals surface area contributed by atoms with Gasteiger partial charge in [-0.3, -0.25) is 4.79 Å². The van der Waals surface area contributed by atoms with Crippen LogP contribution in [0.25, 0.3) is 0 Å². The number of aryl methyl sites for hydroxylation is 1. The van der Waals surface area contributed by atoms with Gasteiger partial charge in [-0.1, -0.05) is 36.4 Å². The Balaban J connectivity index is 1.64. The molecule has 130 valence electrons. The number of carbonyl (C=O) groups excluding carboxylic acids is 1. The Morgan fingerprint density at radius 1 is 1.16 bits per heavy atom. The second-order valence-electron chi connectivity index (χ2n) is 6.41. The zero-order valence-electron chi connectivity index (χ0n) is 14.1. The number of hydrogen-bond acceptors (Lipinski definition) is 3. The van der Waals surface area contributed by atoms with Crippen molar-refractivity contribution in [2.24, 2.45) is 0 Å². The highest BCUT2D eigenvalue weighted by Gasteiger charge is 2.51. The van der Waals surface area contributed by atoms with Crippen molar-refractivity contribution in [3.05, 3.63) is 65.2 Å². The molecular formula is C20H21NO4. The van der Waals surface area contributed by atoms with E-state index in [1.807, 2.05) is 37.3 Å². The van der Waals surface area contributed by atoms with Gasteiger partial charge < -0.3 is 15.2 Å². The zero-order valence-corrected chi connectivity index (χ0v) is 14.1. The molecule has 2 aromatic rings. The largest absolute Gasteiger partial charge is 0.482 e. The Bertz CT molecular complexity index is 796. The number of carboxylic acid groups (broad SMARTS) is 1. The SMILES string of the molecule is Cc1ccccc1C1(C(=O)NCc2cccc(OCC(=O)O)c2)CC1. The van der Waals surface area contributed by atoms with Gasteiger partial charge in [0.15, 0.2) is 6.61 Å². The van der Waals surface area contributed by atoms with Crippen molar-refractivity contribution in [2.75, 3.05) is 6.61 Å². The van der Waals surface area contributed by atoms with Gasteiger partial charge >= 0.3 is 5.97 Å². The van der Waals surface area contributed by atoms with Crippen molar-refractivity contribution in [1.82, 2.24) is 5.32 Å². The topological polar surface area (TPSA) is 75.6 Å². The monoisotopic (exact) mass is 339 g/mol. The summed E-state index contributed by atoms with van der Waals surface area (Å²) in [7, 11) is 0. The fraction of sp³-hybridized carbons (Fsp3) is 0.300. The summed E-state index contributed by atoms with van der Waals surface area (Å²) in [4.78, 5) is 23.3. The summed E-state index contributed by atoms with van der Waals surface area (Å²) in [5, 5.41) is 11.7. The van der Waals surface area contributed by atoms with E-state index in [0.717, 1.165) is 29.5 Å². The van der Waals surface area contributed by atoms with Gasteiger partial charge in [0.05, 0.1) is 5.41 Å². The van der Waals surface area contributed by atoms with E-state index < -0.39 is 11.4 Å². The third-order valence-electron chi connectivity index (χ3n) is 4.56. The van der Waals surface area contributed by atoms with Crippen LogP contribution in [0.5, 0.6) is 5.75 Å². The Labute approximate surface area is 146 Å². The van der Waals surface area contributed by atoms with Crippen molar-refractivity contribution in [1.29, 1.82) is 0 Å². The van der Waals surface area contributed by atoms with E-state index in [4.69, 9.17) is 9.84 Å². The minimum Gasteiger partial charge on any atom is -0.482 e. The molecule has 25 heavy (non-hydrogen) atoms. The maximum Gasteiger partial charge on any atom is 0.341 e. The Morgan fingerprint density at radius 3 is 2.60 bits per heavy atom. The average Bonchev–Trinajstić information content (AvgIpc) is 3.40. The van der Waals surface area contributed by atoms with Gasteiger partial charge in [-0.2, -0.15) is 0 Å². The van der Waals surface area contributed by atoms with Crippen molar-refractivity contribution in [3.8, 4) is 5.75 Å². The summed E-state index contributed by atoms with van der Waals surface area (Å²) in [6, 6.07) is 15.1. The van der Waals surface area contributed by atoms with Crippen molar-refractivity contribution >= 4 is 11.9 Å². The van der Waals surface area contributed by atoms with Gasteiger partial charge in [0, 0.05) is 6.54 Å². The molecule has 3 rings (SSSR count). The highest BCUT2D eigenvalue weighted by Crippen LogP contribution is 2.49. The summed E-state index contributed by atoms with van der Waals surface area (Å²) >= 11 is 0. The Hall–Kier alpha value is -2.82. The van der Waals surface area contributed by atoms with Gasteiger partial charge in [0.2, 0.25) is 5.91 Å². The first-order valence-electron chi connectivity index (χ1n) is 8.29. The molecule has 1 aliphatic rings. The van der Waals surface area contributed by atoms with Crippen LogP contribution in [0, 0.1) is 6.92 Å². The minimum atomic E-state index is -1.02. The predicted octanol–water partition coefficient (Wildman–Crippen LogP) is 2.81. The minimum absolute atomic E-state index is 0.0404. The van der Waals surface area contributed by atoms with Crippen LogP contribution in [0.15, 0.2) is 48.5 Å². The molecule has 5 heteroatoms. The lowest BCUT2D eigenvalue weighted by Gasteiger charge is -2.18. The number of benzene rings is 2. The lowest BCUT2D eigenvalue weighted by atomic mass is 9.91. The van der Waals surface area contributed by atoms with Crippen molar-refractivity contribution in [2.45, 2.75) is 31.7 Å². The lowest BCUT2D eigenvalue weighted by molar-refractivity contribution is -0.139. The molecule has 1 aliphatic carbocycles. The molecule has 1 fully saturated rings. The standard InChI is InChI=1S/C20H21NO4/c1-14-5-2-3-8-17(14)20(9-10-20)19(24)21-12-15-6-4-7-16(11-15)25-13-18(22)23/h2-8,11H,9-10,12-13H2,1H3,(H,21,24)(H,22,23). The number of aliphatic carboxylic acids is 1. The maximum absolute atomic E-state index is 12.7. The molecule has 5 nitrogen and oxygen atoms in total. The first-order chi connectivity index (χ1) is 12.0. The molecule has 0 radical (unpaired) electrons. The van der Waals surface area contributed by atoms with E-state index in [2.05, 4.69) is 5.32 Å². The second-order valence-corrected chi connectivity index (χ2v) is 6.41. The molecule has 0 spiro atoms. The summed E-state index contributed by atoms with van der Waals surface area (Å²) in [5.74, 6) is -0.500. The van der Waals surface area contributed by atoms with Crippen LogP contribution in [0.4, 0.5) is 0 Å². The first-order valence-corrected chi connectivity index (χ1v) is 8.29. The fourth-order valence-electron chi connectivity index (χ4n) is 3.10. The Morgan fingerprint density at radius 2 is 1.92 bits per heavy atom. The summed E-state index contributed by atoms with van der Waals surface area (Å²) in [5.41, 5.74) is 2.71. The molecule has 0 atom stereocenters. The van der Waals surface area contributed by atoms with Crippen molar-refractivity contribution < 1.29 is 19.4 Å². The number of rotatable bonds is 7. The number of carboxylic acids is 1. The lowest BCUT2D eigenvalue weighted by Crippen LogP contribution is -2.34. The van der Waals surface area contributed by atoms with Crippen LogP contribution < -0.4 is 10.1 Å². The van der Waals surface area contributed by atoms with Gasteiger partial charge in [-0.25, -0.2) is 4.79 Å². The van der Waals surface area contributed by atoms with Gasteiger partial charge in [0.1, 0.15) is 5.75 Å². The first kappa shape index (κ1) is 17.0. The molecule has 0 bridgehead atoms. The molecule has 0 aliphatic heterocycles. The third kappa shape index (κ3) is 3.82. The second kappa shape index (κ2) is 6.97. The number of ether oxygens (including phenoxy) is 1. The smallest absolute Gasteiger partial charge is 0.341 e. The number of carbonyl (C=O) groups is 2. The fourth-order valence-corrected chi connectivity index (χ4v) is 3.10. The molecule has 0 aromatic heterocycles. The van der Waals surface area contributed by atoms with Crippen LogP contribution in [0.1, 0.15) is 29.5 Å². The van der Waals surface area contributed by atoms with Gasteiger partial charge in [0.25, 0.3) is 0 Å². The maximum atomic E-state index is 12.7. The van der Waals surface area contributed by atoms with Crippen LogP contribution in [0.3, 0.4) is 0 Å². The van der Waals surface area contributed by atoms with Gasteiger partial charge in [-0.15, -0.1) is 0 Å². The highest BCUT2D eigenvalue weighted by atomic mass is 16.5. The van der Waals surface area contributed by atoms with Crippen LogP contribution in [-0.4, -0.2) is 23.6 Å². The molecule has 0 heterocycles. The molecule has 0 unspecified atom stereocenters. The van der Waals surface area contributed by atoms with Crippen molar-refractivity contribution in [3.63, 3.8) is 0 Å². The summed E-state index contributed by atoms with van der Waals surface area (Å²) < 4.78 is 5.17. The van der Waals surface area contributed by atoms with Gasteiger partial charge in [-0.05, 0) is 48.6 Å². The molecule has 2 aromatic carbocycles. The van der Waals surface area contributed by atoms with E-state index in [1.54, 1.807) is 18.2 Å². The molecular weight excluding hydrogens is 318 g/mol.